The lowest BCUT2D eigenvalue weighted by Crippen LogP contribution is -2.23. The van der Waals surface area contributed by atoms with Gasteiger partial charge in [0.2, 0.25) is 0 Å². The Bertz CT molecular complexity index is 763. The Morgan fingerprint density at radius 2 is 1.95 bits per heavy atom. The van der Waals surface area contributed by atoms with Crippen molar-refractivity contribution in [1.82, 2.24) is 10.2 Å². The fraction of sp³-hybridized carbons (Fsp3) is 0.278. The molecule has 1 atom stereocenters. The summed E-state index contributed by atoms with van der Waals surface area (Å²) in [6, 6.07) is 15.9. The molecule has 0 aliphatic heterocycles. The Balaban J connectivity index is 1.85. The minimum Gasteiger partial charge on any atom is -0.497 e. The number of methoxy groups -OCH3 is 1. The van der Waals surface area contributed by atoms with Crippen molar-refractivity contribution in [3.8, 4) is 5.75 Å². The van der Waals surface area contributed by atoms with Gasteiger partial charge in [-0.05, 0) is 37.5 Å². The van der Waals surface area contributed by atoms with Gasteiger partial charge in [-0.1, -0.05) is 30.3 Å². The molecular formula is C18H20N2O2. The molecule has 4 nitrogen and oxygen atoms in total. The Morgan fingerprint density at radius 3 is 2.68 bits per heavy atom. The van der Waals surface area contributed by atoms with Crippen molar-refractivity contribution in [2.75, 3.05) is 7.11 Å². The zero-order valence-corrected chi connectivity index (χ0v) is 12.8. The van der Waals surface area contributed by atoms with E-state index in [0.29, 0.717) is 6.42 Å². The highest BCUT2D eigenvalue weighted by atomic mass is 16.5. The van der Waals surface area contributed by atoms with E-state index in [2.05, 4.69) is 22.3 Å². The van der Waals surface area contributed by atoms with Crippen LogP contribution in [0.3, 0.4) is 0 Å². The number of aryl methyl sites for hydroxylation is 1. The Hall–Kier alpha value is -2.33. The van der Waals surface area contributed by atoms with Gasteiger partial charge in [-0.25, -0.2) is 0 Å². The van der Waals surface area contributed by atoms with E-state index in [9.17, 15) is 5.11 Å². The molecule has 0 amide bonds. The second-order valence-electron chi connectivity index (χ2n) is 5.74. The van der Waals surface area contributed by atoms with Crippen molar-refractivity contribution in [3.63, 3.8) is 0 Å². The van der Waals surface area contributed by atoms with Gasteiger partial charge in [-0.3, -0.25) is 5.10 Å². The molecule has 0 fully saturated rings. The van der Waals surface area contributed by atoms with Crippen LogP contribution < -0.4 is 4.74 Å². The minimum absolute atomic E-state index is 0.625. The van der Waals surface area contributed by atoms with Crippen LogP contribution in [0.25, 0.3) is 10.9 Å². The summed E-state index contributed by atoms with van der Waals surface area (Å²) in [5, 5.41) is 19.1. The third-order valence-electron chi connectivity index (χ3n) is 4.04. The quantitative estimate of drug-likeness (QED) is 0.758. The number of rotatable bonds is 5. The molecule has 0 aliphatic rings. The zero-order chi connectivity index (χ0) is 15.6. The molecule has 0 saturated carbocycles. The third kappa shape index (κ3) is 2.83. The minimum atomic E-state index is -0.959. The van der Waals surface area contributed by atoms with Crippen molar-refractivity contribution >= 4 is 10.9 Å². The van der Waals surface area contributed by atoms with E-state index in [1.165, 1.54) is 5.56 Å². The molecular weight excluding hydrogens is 276 g/mol. The average molecular weight is 296 g/mol. The summed E-state index contributed by atoms with van der Waals surface area (Å²) in [4.78, 5) is 0. The molecule has 22 heavy (non-hydrogen) atoms. The second kappa shape index (κ2) is 5.81. The monoisotopic (exact) mass is 296 g/mol. The van der Waals surface area contributed by atoms with Gasteiger partial charge < -0.3 is 9.84 Å². The Labute approximate surface area is 129 Å². The number of aliphatic hydroxyl groups is 1. The summed E-state index contributed by atoms with van der Waals surface area (Å²) in [7, 11) is 1.63. The summed E-state index contributed by atoms with van der Waals surface area (Å²) >= 11 is 0. The highest BCUT2D eigenvalue weighted by Crippen LogP contribution is 2.31. The molecule has 2 N–H and O–H groups in total. The first kappa shape index (κ1) is 14.6. The number of benzene rings is 2. The number of H-pyrrole nitrogens is 1. The van der Waals surface area contributed by atoms with Gasteiger partial charge in [0.1, 0.15) is 11.4 Å². The third-order valence-corrected chi connectivity index (χ3v) is 4.04. The van der Waals surface area contributed by atoms with Gasteiger partial charge in [0.15, 0.2) is 0 Å². The van der Waals surface area contributed by atoms with Gasteiger partial charge in [0.25, 0.3) is 0 Å². The highest BCUT2D eigenvalue weighted by Gasteiger charge is 2.27. The molecule has 3 aromatic rings. The molecule has 0 bridgehead atoms. The molecule has 3 rings (SSSR count). The number of hydrogen-bond donors (Lipinski definition) is 2. The first-order chi connectivity index (χ1) is 10.6. The standard InChI is InChI=1S/C18H20N2O2/c1-18(21,11-10-13-6-4-3-5-7-13)17-15-9-8-14(22-2)12-16(15)19-20-17/h3-9,12,21H,10-11H2,1-2H3,(H,19,20). The largest absolute Gasteiger partial charge is 0.497 e. The molecule has 2 aromatic carbocycles. The van der Waals surface area contributed by atoms with Gasteiger partial charge >= 0.3 is 0 Å². The molecule has 1 heterocycles. The van der Waals surface area contributed by atoms with Crippen LogP contribution >= 0.6 is 0 Å². The zero-order valence-electron chi connectivity index (χ0n) is 12.8. The van der Waals surface area contributed by atoms with Crippen molar-refractivity contribution in [1.29, 1.82) is 0 Å². The maximum atomic E-state index is 10.9. The van der Waals surface area contributed by atoms with E-state index in [4.69, 9.17) is 4.74 Å². The number of hydrogen-bond acceptors (Lipinski definition) is 3. The molecule has 0 saturated heterocycles. The number of aromatic amines is 1. The summed E-state index contributed by atoms with van der Waals surface area (Å²) < 4.78 is 5.21. The van der Waals surface area contributed by atoms with E-state index < -0.39 is 5.60 Å². The van der Waals surface area contributed by atoms with E-state index in [1.54, 1.807) is 7.11 Å². The van der Waals surface area contributed by atoms with Crippen molar-refractivity contribution in [3.05, 3.63) is 59.8 Å². The first-order valence-electron chi connectivity index (χ1n) is 7.39. The number of aromatic nitrogens is 2. The fourth-order valence-electron chi connectivity index (χ4n) is 2.69. The SMILES string of the molecule is COc1ccc2c(C(C)(O)CCc3ccccc3)[nH]nc2c1. The predicted molar refractivity (Wildman–Crippen MR) is 87.0 cm³/mol. The average Bonchev–Trinajstić information content (AvgIpc) is 2.98. The van der Waals surface area contributed by atoms with Crippen LogP contribution in [0.5, 0.6) is 5.75 Å². The normalized spacial score (nSPS) is 14.0. The Morgan fingerprint density at radius 1 is 1.18 bits per heavy atom. The van der Waals surface area contributed by atoms with Crippen LogP contribution in [0.15, 0.2) is 48.5 Å². The lowest BCUT2D eigenvalue weighted by Gasteiger charge is -2.22. The van der Waals surface area contributed by atoms with E-state index in [-0.39, 0.29) is 0 Å². The number of ether oxygens (including phenoxy) is 1. The van der Waals surface area contributed by atoms with Crippen LogP contribution in [0.1, 0.15) is 24.6 Å². The first-order valence-corrected chi connectivity index (χ1v) is 7.39. The lowest BCUT2D eigenvalue weighted by molar-refractivity contribution is 0.0449. The van der Waals surface area contributed by atoms with Crippen LogP contribution in [0.4, 0.5) is 0 Å². The van der Waals surface area contributed by atoms with Crippen LogP contribution in [-0.2, 0) is 12.0 Å². The second-order valence-corrected chi connectivity index (χ2v) is 5.74. The van der Waals surface area contributed by atoms with Gasteiger partial charge in [0.05, 0.1) is 18.3 Å². The highest BCUT2D eigenvalue weighted by molar-refractivity contribution is 5.83. The number of nitrogens with zero attached hydrogens (tertiary/aromatic N) is 1. The van der Waals surface area contributed by atoms with Crippen molar-refractivity contribution in [2.24, 2.45) is 0 Å². The van der Waals surface area contributed by atoms with Crippen LogP contribution in [0.2, 0.25) is 0 Å². The lowest BCUT2D eigenvalue weighted by atomic mass is 9.91. The van der Waals surface area contributed by atoms with E-state index >= 15 is 0 Å². The molecule has 0 radical (unpaired) electrons. The molecule has 1 aromatic heterocycles. The molecule has 0 aliphatic carbocycles. The topological polar surface area (TPSA) is 58.1 Å². The van der Waals surface area contributed by atoms with E-state index in [1.807, 2.05) is 43.3 Å². The summed E-state index contributed by atoms with van der Waals surface area (Å²) in [5.41, 5.74) is 1.81. The fourth-order valence-corrected chi connectivity index (χ4v) is 2.69. The molecule has 4 heteroatoms. The summed E-state index contributed by atoms with van der Waals surface area (Å²) in [5.74, 6) is 0.759. The van der Waals surface area contributed by atoms with E-state index in [0.717, 1.165) is 28.8 Å². The maximum absolute atomic E-state index is 10.9. The molecule has 114 valence electrons. The van der Waals surface area contributed by atoms with Gasteiger partial charge in [0, 0.05) is 11.5 Å². The van der Waals surface area contributed by atoms with Crippen molar-refractivity contribution in [2.45, 2.75) is 25.4 Å². The van der Waals surface area contributed by atoms with Crippen LogP contribution in [-0.4, -0.2) is 22.4 Å². The smallest absolute Gasteiger partial charge is 0.121 e. The maximum Gasteiger partial charge on any atom is 0.121 e. The number of fused-ring (bicyclic) bond motifs is 1. The van der Waals surface area contributed by atoms with Crippen LogP contribution in [0, 0.1) is 0 Å². The van der Waals surface area contributed by atoms with Crippen molar-refractivity contribution < 1.29 is 9.84 Å². The Kier molecular flexibility index (Phi) is 3.86. The molecule has 1 unspecified atom stereocenters. The summed E-state index contributed by atoms with van der Waals surface area (Å²) in [6.07, 6.45) is 1.44. The molecule has 0 spiro atoms. The van der Waals surface area contributed by atoms with Gasteiger partial charge in [-0.15, -0.1) is 0 Å². The number of nitrogens with one attached hydrogen (secondary N) is 1. The predicted octanol–water partition coefficient (Wildman–Crippen LogP) is 3.41. The van der Waals surface area contributed by atoms with Gasteiger partial charge in [-0.2, -0.15) is 5.10 Å². The summed E-state index contributed by atoms with van der Waals surface area (Å²) in [6.45, 7) is 1.83.